The average molecular weight is 260 g/mol. The van der Waals surface area contributed by atoms with Crippen molar-refractivity contribution in [2.24, 2.45) is 0 Å². The monoisotopic (exact) mass is 260 g/mol. The quantitative estimate of drug-likeness (QED) is 0.856. The van der Waals surface area contributed by atoms with Crippen LogP contribution in [0.5, 0.6) is 0 Å². The van der Waals surface area contributed by atoms with E-state index in [1.165, 1.54) is 5.56 Å². The van der Waals surface area contributed by atoms with Gasteiger partial charge < -0.3 is 5.32 Å². The number of hydrogen-bond acceptors (Lipinski definition) is 3. The minimum Gasteiger partial charge on any atom is -0.309 e. The second-order valence-electron chi connectivity index (χ2n) is 4.48. The lowest BCUT2D eigenvalue weighted by Crippen LogP contribution is -2.22. The van der Waals surface area contributed by atoms with E-state index in [0.29, 0.717) is 6.04 Å². The molecule has 0 aliphatic carbocycles. The maximum Gasteiger partial charge on any atom is 0.0576 e. The first kappa shape index (κ1) is 13.2. The fourth-order valence-electron chi connectivity index (χ4n) is 2.11. The number of nitrogens with one attached hydrogen (secondary N) is 1. The Morgan fingerprint density at radius 1 is 1.33 bits per heavy atom. The van der Waals surface area contributed by atoms with Crippen LogP contribution in [-0.4, -0.2) is 11.5 Å². The number of pyridine rings is 1. The lowest BCUT2D eigenvalue weighted by molar-refractivity contribution is 0.503. The summed E-state index contributed by atoms with van der Waals surface area (Å²) in [6.45, 7) is 5.17. The van der Waals surface area contributed by atoms with Gasteiger partial charge in [-0.1, -0.05) is 13.0 Å². The molecule has 18 heavy (non-hydrogen) atoms. The molecule has 2 aromatic heterocycles. The van der Waals surface area contributed by atoms with E-state index in [-0.39, 0.29) is 0 Å². The predicted octanol–water partition coefficient (Wildman–Crippen LogP) is 3.73. The van der Waals surface area contributed by atoms with E-state index in [4.69, 9.17) is 0 Å². The Balaban J connectivity index is 2.03. The fraction of sp³-hybridized carbons (Fsp3) is 0.400. The van der Waals surface area contributed by atoms with Crippen molar-refractivity contribution in [3.63, 3.8) is 0 Å². The summed E-state index contributed by atoms with van der Waals surface area (Å²) < 4.78 is 0. The SMILES string of the molecule is CCNC(CCc1ccsc1)c1cccc(C)n1. The van der Waals surface area contributed by atoms with E-state index in [0.717, 1.165) is 30.8 Å². The molecule has 0 saturated heterocycles. The smallest absolute Gasteiger partial charge is 0.0576 e. The Hall–Kier alpha value is -1.19. The maximum atomic E-state index is 4.63. The highest BCUT2D eigenvalue weighted by Gasteiger charge is 2.11. The van der Waals surface area contributed by atoms with E-state index in [9.17, 15) is 0 Å². The Morgan fingerprint density at radius 3 is 2.89 bits per heavy atom. The third kappa shape index (κ3) is 3.65. The fourth-order valence-corrected chi connectivity index (χ4v) is 2.81. The second-order valence-corrected chi connectivity index (χ2v) is 5.26. The molecular formula is C15H20N2S. The van der Waals surface area contributed by atoms with Gasteiger partial charge in [0, 0.05) is 11.7 Å². The molecule has 3 heteroatoms. The summed E-state index contributed by atoms with van der Waals surface area (Å²) in [4.78, 5) is 4.63. The summed E-state index contributed by atoms with van der Waals surface area (Å²) in [6.07, 6.45) is 2.21. The molecule has 1 N–H and O–H groups in total. The average Bonchev–Trinajstić information content (AvgIpc) is 2.87. The molecule has 0 fully saturated rings. The molecule has 2 rings (SSSR count). The van der Waals surface area contributed by atoms with Crippen LogP contribution in [0.25, 0.3) is 0 Å². The number of aromatic nitrogens is 1. The van der Waals surface area contributed by atoms with Gasteiger partial charge in [-0.05, 0) is 60.8 Å². The zero-order valence-corrected chi connectivity index (χ0v) is 11.8. The van der Waals surface area contributed by atoms with Crippen molar-refractivity contribution < 1.29 is 0 Å². The van der Waals surface area contributed by atoms with Crippen LogP contribution in [-0.2, 0) is 6.42 Å². The van der Waals surface area contributed by atoms with Crippen LogP contribution in [0.15, 0.2) is 35.0 Å². The first-order valence-electron chi connectivity index (χ1n) is 6.47. The zero-order valence-electron chi connectivity index (χ0n) is 11.0. The van der Waals surface area contributed by atoms with Crippen LogP contribution in [0.1, 0.15) is 36.3 Å². The molecule has 0 radical (unpaired) electrons. The van der Waals surface area contributed by atoms with E-state index < -0.39 is 0 Å². The van der Waals surface area contributed by atoms with Gasteiger partial charge in [0.25, 0.3) is 0 Å². The van der Waals surface area contributed by atoms with Crippen molar-refractivity contribution in [1.29, 1.82) is 0 Å². The number of thiophene rings is 1. The van der Waals surface area contributed by atoms with Gasteiger partial charge in [-0.3, -0.25) is 4.98 Å². The highest BCUT2D eigenvalue weighted by molar-refractivity contribution is 7.07. The van der Waals surface area contributed by atoms with Crippen molar-refractivity contribution in [3.8, 4) is 0 Å². The normalized spacial score (nSPS) is 12.6. The van der Waals surface area contributed by atoms with E-state index in [1.807, 2.05) is 13.0 Å². The Bertz CT molecular complexity index is 465. The van der Waals surface area contributed by atoms with Crippen LogP contribution in [0.4, 0.5) is 0 Å². The van der Waals surface area contributed by atoms with Crippen LogP contribution < -0.4 is 5.32 Å². The molecule has 0 aliphatic heterocycles. The van der Waals surface area contributed by atoms with Crippen molar-refractivity contribution in [3.05, 3.63) is 52.0 Å². The van der Waals surface area contributed by atoms with Crippen LogP contribution in [0.3, 0.4) is 0 Å². The summed E-state index contributed by atoms with van der Waals surface area (Å²) >= 11 is 1.77. The molecule has 1 unspecified atom stereocenters. The summed E-state index contributed by atoms with van der Waals surface area (Å²) in [6, 6.07) is 8.82. The summed E-state index contributed by atoms with van der Waals surface area (Å²) in [7, 11) is 0. The van der Waals surface area contributed by atoms with Gasteiger partial charge in [0.15, 0.2) is 0 Å². The Labute approximate surface area is 113 Å². The van der Waals surface area contributed by atoms with Gasteiger partial charge in [0.05, 0.1) is 5.69 Å². The van der Waals surface area contributed by atoms with Gasteiger partial charge in [0.1, 0.15) is 0 Å². The van der Waals surface area contributed by atoms with Crippen molar-refractivity contribution in [1.82, 2.24) is 10.3 Å². The summed E-state index contributed by atoms with van der Waals surface area (Å²) in [5, 5.41) is 7.90. The minimum absolute atomic E-state index is 0.356. The first-order chi connectivity index (χ1) is 8.79. The highest BCUT2D eigenvalue weighted by Crippen LogP contribution is 2.19. The van der Waals surface area contributed by atoms with Crippen molar-refractivity contribution in [2.45, 2.75) is 32.7 Å². The van der Waals surface area contributed by atoms with E-state index >= 15 is 0 Å². The molecule has 0 saturated carbocycles. The number of nitrogens with zero attached hydrogens (tertiary/aromatic N) is 1. The first-order valence-corrected chi connectivity index (χ1v) is 7.42. The van der Waals surface area contributed by atoms with Crippen molar-refractivity contribution >= 4 is 11.3 Å². The highest BCUT2D eigenvalue weighted by atomic mass is 32.1. The summed E-state index contributed by atoms with van der Waals surface area (Å²) in [5.74, 6) is 0. The van der Waals surface area contributed by atoms with E-state index in [2.05, 4.69) is 46.2 Å². The number of hydrogen-bond donors (Lipinski definition) is 1. The minimum atomic E-state index is 0.356. The molecule has 0 aliphatic rings. The third-order valence-corrected chi connectivity index (χ3v) is 3.75. The molecule has 2 nitrogen and oxygen atoms in total. The van der Waals surface area contributed by atoms with Crippen LogP contribution in [0, 0.1) is 6.92 Å². The Kier molecular flexibility index (Phi) is 4.90. The second kappa shape index (κ2) is 6.66. The van der Waals surface area contributed by atoms with Gasteiger partial charge in [-0.15, -0.1) is 0 Å². The third-order valence-electron chi connectivity index (χ3n) is 3.02. The summed E-state index contributed by atoms with van der Waals surface area (Å²) in [5.41, 5.74) is 3.67. The van der Waals surface area contributed by atoms with Gasteiger partial charge in [0.2, 0.25) is 0 Å². The molecule has 2 heterocycles. The Morgan fingerprint density at radius 2 is 2.22 bits per heavy atom. The van der Waals surface area contributed by atoms with Crippen molar-refractivity contribution in [2.75, 3.05) is 6.54 Å². The van der Waals surface area contributed by atoms with Gasteiger partial charge >= 0.3 is 0 Å². The topological polar surface area (TPSA) is 24.9 Å². The molecule has 0 aromatic carbocycles. The van der Waals surface area contributed by atoms with E-state index in [1.54, 1.807) is 11.3 Å². The van der Waals surface area contributed by atoms with Crippen LogP contribution in [0.2, 0.25) is 0 Å². The van der Waals surface area contributed by atoms with Crippen LogP contribution >= 0.6 is 11.3 Å². The predicted molar refractivity (Wildman–Crippen MR) is 78.0 cm³/mol. The molecule has 2 aromatic rings. The zero-order chi connectivity index (χ0) is 12.8. The number of aryl methyl sites for hydroxylation is 2. The lowest BCUT2D eigenvalue weighted by Gasteiger charge is -2.17. The van der Waals surface area contributed by atoms with Gasteiger partial charge in [-0.2, -0.15) is 11.3 Å². The maximum absolute atomic E-state index is 4.63. The number of rotatable bonds is 6. The molecule has 0 bridgehead atoms. The van der Waals surface area contributed by atoms with Gasteiger partial charge in [-0.25, -0.2) is 0 Å². The molecule has 1 atom stereocenters. The largest absolute Gasteiger partial charge is 0.309 e. The lowest BCUT2D eigenvalue weighted by atomic mass is 10.0. The molecule has 96 valence electrons. The standard InChI is InChI=1S/C15H20N2S/c1-3-16-14(8-7-13-9-10-18-11-13)15-6-4-5-12(2)17-15/h4-6,9-11,14,16H,3,7-8H2,1-2H3. The molecule has 0 spiro atoms. The molecular weight excluding hydrogens is 240 g/mol. The molecule has 0 amide bonds.